The van der Waals surface area contributed by atoms with Crippen molar-refractivity contribution in [3.63, 3.8) is 0 Å². The molecule has 0 spiro atoms. The number of rotatable bonds is 4. The molecule has 1 aliphatic rings. The molecule has 2 rings (SSSR count). The maximum atomic E-state index is 12.5. The van der Waals surface area contributed by atoms with Crippen molar-refractivity contribution in [2.75, 3.05) is 6.54 Å². The van der Waals surface area contributed by atoms with Gasteiger partial charge >= 0.3 is 0 Å². The number of hydrogen-bond acceptors (Lipinski definition) is 3. The number of carbonyl (C=O) groups excluding carboxylic acids is 2. The van der Waals surface area contributed by atoms with E-state index in [9.17, 15) is 14.7 Å². The minimum absolute atomic E-state index is 0.0405. The highest BCUT2D eigenvalue weighted by molar-refractivity contribution is 5.84. The summed E-state index contributed by atoms with van der Waals surface area (Å²) in [6.45, 7) is 6.19. The second-order valence-electron chi connectivity index (χ2n) is 7.14. The number of aliphatic hydroxyl groups is 1. The van der Waals surface area contributed by atoms with Gasteiger partial charge in [0.1, 0.15) is 0 Å². The maximum Gasteiger partial charge on any atom is 0.251 e. The van der Waals surface area contributed by atoms with E-state index in [1.807, 2.05) is 51.1 Å². The molecular weight excluding hydrogens is 292 g/mol. The summed E-state index contributed by atoms with van der Waals surface area (Å²) < 4.78 is 0. The van der Waals surface area contributed by atoms with Crippen molar-refractivity contribution >= 4 is 11.8 Å². The van der Waals surface area contributed by atoms with Crippen LogP contribution in [0.3, 0.4) is 0 Å². The lowest BCUT2D eigenvalue weighted by Gasteiger charge is -2.30. The van der Waals surface area contributed by atoms with Crippen LogP contribution in [0.15, 0.2) is 30.3 Å². The summed E-state index contributed by atoms with van der Waals surface area (Å²) in [5.74, 6) is -0.455. The number of likely N-dealkylation sites (tertiary alicyclic amines) is 1. The van der Waals surface area contributed by atoms with E-state index in [0.717, 1.165) is 12.0 Å². The van der Waals surface area contributed by atoms with Gasteiger partial charge in [0.15, 0.2) is 6.10 Å². The Bertz CT molecular complexity index is 551. The standard InChI is InChI=1S/C18H26N2O3/c1-18(2,3)19-17(23)16(22)14-10-7-11-20(14)15(21)12-13-8-5-4-6-9-13/h4-6,8-9,14,16,22H,7,10-12H2,1-3H3,(H,19,23)/t14-,16?/m0/s1. The van der Waals surface area contributed by atoms with Crippen molar-refractivity contribution in [1.29, 1.82) is 0 Å². The molecule has 1 unspecified atom stereocenters. The zero-order valence-corrected chi connectivity index (χ0v) is 14.1. The quantitative estimate of drug-likeness (QED) is 0.884. The predicted octanol–water partition coefficient (Wildman–Crippen LogP) is 1.50. The fourth-order valence-electron chi connectivity index (χ4n) is 2.92. The molecule has 23 heavy (non-hydrogen) atoms. The van der Waals surface area contributed by atoms with Gasteiger partial charge in [0, 0.05) is 12.1 Å². The normalized spacial score (nSPS) is 19.5. The van der Waals surface area contributed by atoms with Crippen LogP contribution in [0.4, 0.5) is 0 Å². The van der Waals surface area contributed by atoms with E-state index in [0.29, 0.717) is 19.4 Å². The van der Waals surface area contributed by atoms with Crippen LogP contribution >= 0.6 is 0 Å². The minimum Gasteiger partial charge on any atom is -0.381 e. The fourth-order valence-corrected chi connectivity index (χ4v) is 2.92. The Kier molecular flexibility index (Phi) is 5.42. The lowest BCUT2D eigenvalue weighted by molar-refractivity contribution is -0.139. The van der Waals surface area contributed by atoms with Gasteiger partial charge in [-0.05, 0) is 39.2 Å². The van der Waals surface area contributed by atoms with Crippen LogP contribution in [0.5, 0.6) is 0 Å². The molecule has 1 fully saturated rings. The molecule has 5 heteroatoms. The lowest BCUT2D eigenvalue weighted by atomic mass is 10.0. The Balaban J connectivity index is 2.01. The topological polar surface area (TPSA) is 69.6 Å². The Morgan fingerprint density at radius 2 is 1.96 bits per heavy atom. The van der Waals surface area contributed by atoms with Crippen molar-refractivity contribution in [2.24, 2.45) is 0 Å². The summed E-state index contributed by atoms with van der Waals surface area (Å²) in [6, 6.07) is 9.09. The van der Waals surface area contributed by atoms with Crippen molar-refractivity contribution < 1.29 is 14.7 Å². The van der Waals surface area contributed by atoms with Crippen LogP contribution in [0.2, 0.25) is 0 Å². The summed E-state index contributed by atoms with van der Waals surface area (Å²) in [4.78, 5) is 26.3. The third-order valence-corrected chi connectivity index (χ3v) is 3.95. The second kappa shape index (κ2) is 7.13. The molecule has 5 nitrogen and oxygen atoms in total. The molecule has 1 saturated heterocycles. The van der Waals surface area contributed by atoms with Crippen molar-refractivity contribution in [1.82, 2.24) is 10.2 Å². The van der Waals surface area contributed by atoms with Crippen LogP contribution in [-0.2, 0) is 16.0 Å². The van der Waals surface area contributed by atoms with Gasteiger partial charge in [0.05, 0.1) is 12.5 Å². The molecule has 2 atom stereocenters. The number of nitrogens with one attached hydrogen (secondary N) is 1. The molecule has 1 aromatic carbocycles. The summed E-state index contributed by atoms with van der Waals surface area (Å²) >= 11 is 0. The van der Waals surface area contributed by atoms with Gasteiger partial charge in [-0.25, -0.2) is 0 Å². The first-order valence-corrected chi connectivity index (χ1v) is 8.11. The Morgan fingerprint density at radius 3 is 2.57 bits per heavy atom. The monoisotopic (exact) mass is 318 g/mol. The Labute approximate surface area is 137 Å². The average molecular weight is 318 g/mol. The first-order chi connectivity index (χ1) is 10.8. The first kappa shape index (κ1) is 17.5. The number of amides is 2. The summed E-state index contributed by atoms with van der Waals surface area (Å²) in [5, 5.41) is 13.1. The molecule has 1 aliphatic heterocycles. The van der Waals surface area contributed by atoms with E-state index in [-0.39, 0.29) is 5.91 Å². The van der Waals surface area contributed by atoms with Gasteiger partial charge < -0.3 is 15.3 Å². The lowest BCUT2D eigenvalue weighted by Crippen LogP contribution is -2.53. The molecule has 0 radical (unpaired) electrons. The molecule has 1 aromatic rings. The van der Waals surface area contributed by atoms with Crippen LogP contribution in [0, 0.1) is 0 Å². The molecule has 2 amide bonds. The molecule has 0 aromatic heterocycles. The SMILES string of the molecule is CC(C)(C)NC(=O)C(O)[C@@H]1CCCN1C(=O)Cc1ccccc1. The summed E-state index contributed by atoms with van der Waals surface area (Å²) in [7, 11) is 0. The molecule has 0 saturated carbocycles. The van der Waals surface area contributed by atoms with Gasteiger partial charge in [-0.2, -0.15) is 0 Å². The smallest absolute Gasteiger partial charge is 0.251 e. The van der Waals surface area contributed by atoms with E-state index in [2.05, 4.69) is 5.32 Å². The van der Waals surface area contributed by atoms with E-state index in [1.165, 1.54) is 0 Å². The molecule has 0 aliphatic carbocycles. The number of hydrogen-bond donors (Lipinski definition) is 2. The van der Waals surface area contributed by atoms with Crippen LogP contribution < -0.4 is 5.32 Å². The summed E-state index contributed by atoms with van der Waals surface area (Å²) in [5.41, 5.74) is 0.534. The maximum absolute atomic E-state index is 12.5. The van der Waals surface area contributed by atoms with Gasteiger partial charge in [-0.15, -0.1) is 0 Å². The first-order valence-electron chi connectivity index (χ1n) is 8.11. The highest BCUT2D eigenvalue weighted by atomic mass is 16.3. The third-order valence-electron chi connectivity index (χ3n) is 3.95. The van der Waals surface area contributed by atoms with Crippen molar-refractivity contribution in [2.45, 2.75) is 57.7 Å². The van der Waals surface area contributed by atoms with E-state index >= 15 is 0 Å². The molecule has 0 bridgehead atoms. The number of benzene rings is 1. The molecular formula is C18H26N2O3. The third kappa shape index (κ3) is 4.79. The highest BCUT2D eigenvalue weighted by Crippen LogP contribution is 2.22. The van der Waals surface area contributed by atoms with Gasteiger partial charge in [0.2, 0.25) is 5.91 Å². The van der Waals surface area contributed by atoms with Crippen LogP contribution in [0.25, 0.3) is 0 Å². The largest absolute Gasteiger partial charge is 0.381 e. The molecule has 2 N–H and O–H groups in total. The van der Waals surface area contributed by atoms with Crippen LogP contribution in [0.1, 0.15) is 39.2 Å². The highest BCUT2D eigenvalue weighted by Gasteiger charge is 2.37. The Hall–Kier alpha value is -1.88. The van der Waals surface area contributed by atoms with Gasteiger partial charge in [-0.1, -0.05) is 30.3 Å². The van der Waals surface area contributed by atoms with Crippen molar-refractivity contribution in [3.05, 3.63) is 35.9 Å². The zero-order valence-electron chi connectivity index (χ0n) is 14.1. The average Bonchev–Trinajstić information content (AvgIpc) is 2.95. The van der Waals surface area contributed by atoms with Crippen LogP contribution in [-0.4, -0.2) is 46.1 Å². The zero-order chi connectivity index (χ0) is 17.0. The van der Waals surface area contributed by atoms with E-state index in [4.69, 9.17) is 0 Å². The fraction of sp³-hybridized carbons (Fsp3) is 0.556. The van der Waals surface area contributed by atoms with Gasteiger partial charge in [0.25, 0.3) is 5.91 Å². The molecule has 1 heterocycles. The number of nitrogens with zero attached hydrogens (tertiary/aromatic N) is 1. The minimum atomic E-state index is -1.18. The van der Waals surface area contributed by atoms with Gasteiger partial charge in [-0.3, -0.25) is 9.59 Å². The number of aliphatic hydroxyl groups excluding tert-OH is 1. The predicted molar refractivity (Wildman–Crippen MR) is 88.8 cm³/mol. The number of carbonyl (C=O) groups is 2. The Morgan fingerprint density at radius 1 is 1.30 bits per heavy atom. The van der Waals surface area contributed by atoms with E-state index in [1.54, 1.807) is 4.90 Å². The second-order valence-corrected chi connectivity index (χ2v) is 7.14. The van der Waals surface area contributed by atoms with E-state index < -0.39 is 23.6 Å². The molecule has 126 valence electrons. The summed E-state index contributed by atoms with van der Waals surface area (Å²) in [6.07, 6.45) is 0.575. The van der Waals surface area contributed by atoms with Crippen molar-refractivity contribution in [3.8, 4) is 0 Å².